The summed E-state index contributed by atoms with van der Waals surface area (Å²) < 4.78 is 0. The highest BCUT2D eigenvalue weighted by Crippen LogP contribution is 2.25. The van der Waals surface area contributed by atoms with Crippen molar-refractivity contribution in [2.75, 3.05) is 6.54 Å². The number of fused-ring (bicyclic) bond motifs is 3. The van der Waals surface area contributed by atoms with Gasteiger partial charge >= 0.3 is 0 Å². The molecule has 0 aliphatic heterocycles. The van der Waals surface area contributed by atoms with Crippen molar-refractivity contribution in [2.45, 2.75) is 26.2 Å². The summed E-state index contributed by atoms with van der Waals surface area (Å²) in [5, 5.41) is 5.26. The minimum Gasteiger partial charge on any atom is -0.356 e. The van der Waals surface area contributed by atoms with E-state index in [1.165, 1.54) is 10.8 Å². The number of H-pyrrole nitrogens is 1. The molecule has 0 atom stereocenters. The third-order valence-electron chi connectivity index (χ3n) is 3.63. The molecule has 0 saturated heterocycles. The van der Waals surface area contributed by atoms with Gasteiger partial charge in [-0.3, -0.25) is 9.78 Å². The van der Waals surface area contributed by atoms with Gasteiger partial charge in [0, 0.05) is 34.9 Å². The molecule has 0 saturated carbocycles. The maximum Gasteiger partial charge on any atom is 0.220 e. The lowest BCUT2D eigenvalue weighted by Crippen LogP contribution is -2.24. The maximum absolute atomic E-state index is 11.7. The van der Waals surface area contributed by atoms with E-state index in [0.29, 0.717) is 12.8 Å². The second-order valence-corrected chi connectivity index (χ2v) is 5.24. The SMILES string of the molecule is CCCNC(=O)CCc1cc2c(cn1)[nH]c1ccccc12. The number of carbonyl (C=O) groups excluding carboxylic acids is 1. The zero-order chi connectivity index (χ0) is 14.7. The number of rotatable bonds is 5. The van der Waals surface area contributed by atoms with Crippen molar-refractivity contribution < 1.29 is 4.79 Å². The minimum absolute atomic E-state index is 0.0951. The van der Waals surface area contributed by atoms with E-state index in [4.69, 9.17) is 0 Å². The molecule has 0 radical (unpaired) electrons. The fourth-order valence-electron chi connectivity index (χ4n) is 2.52. The van der Waals surface area contributed by atoms with Crippen molar-refractivity contribution in [3.8, 4) is 0 Å². The van der Waals surface area contributed by atoms with E-state index in [1.807, 2.05) is 25.3 Å². The van der Waals surface area contributed by atoms with E-state index in [9.17, 15) is 4.79 Å². The van der Waals surface area contributed by atoms with E-state index in [2.05, 4.69) is 33.5 Å². The topological polar surface area (TPSA) is 57.8 Å². The van der Waals surface area contributed by atoms with Crippen molar-refractivity contribution in [1.29, 1.82) is 0 Å². The molecule has 4 heteroatoms. The van der Waals surface area contributed by atoms with E-state index >= 15 is 0 Å². The first kappa shape index (κ1) is 13.6. The molecule has 2 heterocycles. The van der Waals surface area contributed by atoms with Crippen molar-refractivity contribution in [3.05, 3.63) is 42.2 Å². The van der Waals surface area contributed by atoms with Gasteiger partial charge in [-0.05, 0) is 25.0 Å². The maximum atomic E-state index is 11.7. The van der Waals surface area contributed by atoms with E-state index in [0.717, 1.165) is 29.7 Å². The third-order valence-corrected chi connectivity index (χ3v) is 3.63. The first-order chi connectivity index (χ1) is 10.3. The van der Waals surface area contributed by atoms with Crippen LogP contribution in [0.3, 0.4) is 0 Å². The number of carbonyl (C=O) groups is 1. The number of hydrogen-bond acceptors (Lipinski definition) is 2. The zero-order valence-corrected chi connectivity index (χ0v) is 12.1. The molecule has 3 aromatic rings. The van der Waals surface area contributed by atoms with Crippen LogP contribution in [0, 0.1) is 0 Å². The van der Waals surface area contributed by atoms with Gasteiger partial charge in [-0.15, -0.1) is 0 Å². The number of hydrogen-bond donors (Lipinski definition) is 2. The van der Waals surface area contributed by atoms with Crippen LogP contribution in [0.2, 0.25) is 0 Å². The first-order valence-corrected chi connectivity index (χ1v) is 7.40. The Morgan fingerprint density at radius 3 is 2.95 bits per heavy atom. The number of aromatic nitrogens is 2. The first-order valence-electron chi connectivity index (χ1n) is 7.40. The van der Waals surface area contributed by atoms with Gasteiger partial charge in [-0.1, -0.05) is 25.1 Å². The summed E-state index contributed by atoms with van der Waals surface area (Å²) in [7, 11) is 0. The second kappa shape index (κ2) is 5.95. The van der Waals surface area contributed by atoms with Gasteiger partial charge < -0.3 is 10.3 Å². The molecule has 0 aliphatic rings. The summed E-state index contributed by atoms with van der Waals surface area (Å²) in [4.78, 5) is 19.5. The van der Waals surface area contributed by atoms with Crippen LogP contribution in [-0.4, -0.2) is 22.4 Å². The molecule has 1 aromatic carbocycles. The number of para-hydroxylation sites is 1. The average molecular weight is 281 g/mol. The zero-order valence-electron chi connectivity index (χ0n) is 12.1. The molecule has 0 bridgehead atoms. The highest BCUT2D eigenvalue weighted by atomic mass is 16.1. The lowest BCUT2D eigenvalue weighted by Gasteiger charge is -2.03. The molecule has 0 spiro atoms. The lowest BCUT2D eigenvalue weighted by molar-refractivity contribution is -0.121. The molecule has 2 aromatic heterocycles. The monoisotopic (exact) mass is 281 g/mol. The Labute approximate surface area is 123 Å². The van der Waals surface area contributed by atoms with Crippen molar-refractivity contribution >= 4 is 27.7 Å². The van der Waals surface area contributed by atoms with Gasteiger partial charge in [0.1, 0.15) is 0 Å². The molecule has 4 nitrogen and oxygen atoms in total. The standard InChI is InChI=1S/C17H19N3O/c1-2-9-18-17(21)8-7-12-10-14-13-5-3-4-6-15(13)20-16(14)11-19-12/h3-6,10-11,20H,2,7-9H2,1H3,(H,18,21). The van der Waals surface area contributed by atoms with Crippen LogP contribution >= 0.6 is 0 Å². The minimum atomic E-state index is 0.0951. The molecule has 0 aliphatic carbocycles. The number of aromatic amines is 1. The molecular formula is C17H19N3O. The van der Waals surface area contributed by atoms with Gasteiger partial charge in [-0.2, -0.15) is 0 Å². The summed E-state index contributed by atoms with van der Waals surface area (Å²) in [6.07, 6.45) is 3.98. The highest BCUT2D eigenvalue weighted by molar-refractivity contribution is 6.06. The van der Waals surface area contributed by atoms with Crippen LogP contribution < -0.4 is 5.32 Å². The molecule has 108 valence electrons. The van der Waals surface area contributed by atoms with Crippen LogP contribution in [0.4, 0.5) is 0 Å². The molecular weight excluding hydrogens is 262 g/mol. The Bertz CT molecular complexity index is 776. The Morgan fingerprint density at radius 2 is 2.10 bits per heavy atom. The molecule has 1 amide bonds. The molecule has 3 rings (SSSR count). The van der Waals surface area contributed by atoms with Crippen LogP contribution in [0.5, 0.6) is 0 Å². The van der Waals surface area contributed by atoms with Crippen LogP contribution in [-0.2, 0) is 11.2 Å². The fraction of sp³-hybridized carbons (Fsp3) is 0.294. The van der Waals surface area contributed by atoms with Crippen LogP contribution in [0.1, 0.15) is 25.5 Å². The number of nitrogens with zero attached hydrogens (tertiary/aromatic N) is 1. The van der Waals surface area contributed by atoms with Gasteiger partial charge in [0.15, 0.2) is 0 Å². The van der Waals surface area contributed by atoms with Crippen LogP contribution in [0.15, 0.2) is 36.5 Å². The van der Waals surface area contributed by atoms with Gasteiger partial charge in [-0.25, -0.2) is 0 Å². The molecule has 0 unspecified atom stereocenters. The largest absolute Gasteiger partial charge is 0.356 e. The van der Waals surface area contributed by atoms with Crippen LogP contribution in [0.25, 0.3) is 21.8 Å². The van der Waals surface area contributed by atoms with E-state index < -0.39 is 0 Å². The van der Waals surface area contributed by atoms with Crippen molar-refractivity contribution in [2.24, 2.45) is 0 Å². The third kappa shape index (κ3) is 2.89. The van der Waals surface area contributed by atoms with Gasteiger partial charge in [0.25, 0.3) is 0 Å². The number of pyridine rings is 1. The normalized spacial score (nSPS) is 11.1. The Morgan fingerprint density at radius 1 is 1.24 bits per heavy atom. The smallest absolute Gasteiger partial charge is 0.220 e. The molecule has 2 N–H and O–H groups in total. The quantitative estimate of drug-likeness (QED) is 0.754. The van der Waals surface area contributed by atoms with Crippen molar-refractivity contribution in [1.82, 2.24) is 15.3 Å². The van der Waals surface area contributed by atoms with Gasteiger partial charge in [0.2, 0.25) is 5.91 Å². The molecule has 0 fully saturated rings. The number of aryl methyl sites for hydroxylation is 1. The summed E-state index contributed by atoms with van der Waals surface area (Å²) in [5.74, 6) is 0.0951. The summed E-state index contributed by atoms with van der Waals surface area (Å²) >= 11 is 0. The molecule has 21 heavy (non-hydrogen) atoms. The Hall–Kier alpha value is -2.36. The highest BCUT2D eigenvalue weighted by Gasteiger charge is 2.07. The Kier molecular flexibility index (Phi) is 3.86. The predicted octanol–water partition coefficient (Wildman–Crippen LogP) is 3.17. The number of benzene rings is 1. The summed E-state index contributed by atoms with van der Waals surface area (Å²) in [5.41, 5.74) is 3.11. The summed E-state index contributed by atoms with van der Waals surface area (Å²) in [6.45, 7) is 2.79. The average Bonchev–Trinajstić information content (AvgIpc) is 2.89. The second-order valence-electron chi connectivity index (χ2n) is 5.24. The fourth-order valence-corrected chi connectivity index (χ4v) is 2.52. The van der Waals surface area contributed by atoms with Gasteiger partial charge in [0.05, 0.1) is 11.7 Å². The number of amides is 1. The van der Waals surface area contributed by atoms with E-state index in [-0.39, 0.29) is 5.91 Å². The number of nitrogens with one attached hydrogen (secondary N) is 2. The predicted molar refractivity (Wildman–Crippen MR) is 85.2 cm³/mol. The van der Waals surface area contributed by atoms with E-state index in [1.54, 1.807) is 0 Å². The Balaban J connectivity index is 1.80. The summed E-state index contributed by atoms with van der Waals surface area (Å²) in [6, 6.07) is 10.3. The van der Waals surface area contributed by atoms with Crippen molar-refractivity contribution in [3.63, 3.8) is 0 Å². The lowest BCUT2D eigenvalue weighted by atomic mass is 10.1.